The molecule has 1 aliphatic heterocycles. The van der Waals surface area contributed by atoms with Crippen molar-refractivity contribution in [3.05, 3.63) is 33.9 Å². The Morgan fingerprint density at radius 2 is 2.41 bits per heavy atom. The lowest BCUT2D eigenvalue weighted by Crippen LogP contribution is -2.17. The van der Waals surface area contributed by atoms with Gasteiger partial charge in [-0.1, -0.05) is 6.07 Å². The molecule has 1 aromatic rings. The van der Waals surface area contributed by atoms with Gasteiger partial charge in [0, 0.05) is 23.9 Å². The second kappa shape index (κ2) is 5.14. The molecule has 0 aromatic heterocycles. The minimum atomic E-state index is -0.336. The van der Waals surface area contributed by atoms with E-state index in [1.807, 2.05) is 6.07 Å². The molecule has 0 aliphatic carbocycles. The van der Waals surface area contributed by atoms with E-state index in [-0.39, 0.29) is 10.6 Å². The van der Waals surface area contributed by atoms with E-state index >= 15 is 0 Å². The average molecular weight is 235 g/mol. The molecule has 0 bridgehead atoms. The third-order valence-electron chi connectivity index (χ3n) is 3.25. The maximum Gasteiger partial charge on any atom is 0.274 e. The number of nitrogens with zero attached hydrogens (tertiary/aromatic N) is 1. The highest BCUT2D eigenvalue weighted by molar-refractivity contribution is 5.59. The quantitative estimate of drug-likeness (QED) is 0.618. The molecule has 0 amide bonds. The van der Waals surface area contributed by atoms with Crippen LogP contribution >= 0.6 is 0 Å². The molecule has 1 unspecified atom stereocenters. The Balaban J connectivity index is 2.04. The van der Waals surface area contributed by atoms with Gasteiger partial charge >= 0.3 is 0 Å². The molecule has 1 atom stereocenters. The summed E-state index contributed by atoms with van der Waals surface area (Å²) in [6.07, 6.45) is 1.17. The Labute approximate surface area is 100 Å². The van der Waals surface area contributed by atoms with E-state index in [1.165, 1.54) is 12.5 Å². The van der Waals surface area contributed by atoms with E-state index in [0.717, 1.165) is 25.3 Å². The molecule has 0 saturated carbocycles. The van der Waals surface area contributed by atoms with Crippen LogP contribution in [0.3, 0.4) is 0 Å². The first-order valence-corrected chi connectivity index (χ1v) is 5.87. The summed E-state index contributed by atoms with van der Waals surface area (Å²) in [6, 6.07) is 5.16. The van der Waals surface area contributed by atoms with Crippen LogP contribution < -0.4 is 10.6 Å². The fourth-order valence-electron chi connectivity index (χ4n) is 2.16. The molecule has 1 aliphatic rings. The van der Waals surface area contributed by atoms with Gasteiger partial charge in [-0.25, -0.2) is 0 Å². The van der Waals surface area contributed by atoms with Crippen molar-refractivity contribution in [2.75, 3.05) is 25.0 Å². The lowest BCUT2D eigenvalue weighted by Gasteiger charge is -2.13. The molecule has 1 saturated heterocycles. The lowest BCUT2D eigenvalue weighted by atomic mass is 10.1. The largest absolute Gasteiger partial charge is 0.384 e. The second-order valence-electron chi connectivity index (χ2n) is 4.45. The summed E-state index contributed by atoms with van der Waals surface area (Å²) in [4.78, 5) is 10.5. The molecule has 0 radical (unpaired) electrons. The predicted molar refractivity (Wildman–Crippen MR) is 67.3 cm³/mol. The lowest BCUT2D eigenvalue weighted by molar-refractivity contribution is -0.385. The van der Waals surface area contributed by atoms with Gasteiger partial charge in [0.15, 0.2) is 0 Å². The fourth-order valence-corrected chi connectivity index (χ4v) is 2.16. The zero-order valence-electron chi connectivity index (χ0n) is 9.90. The first kappa shape index (κ1) is 11.9. The van der Waals surface area contributed by atoms with Crippen molar-refractivity contribution in [1.29, 1.82) is 0 Å². The number of anilines is 1. The zero-order valence-corrected chi connectivity index (χ0v) is 9.90. The normalized spacial score (nSPS) is 19.2. The number of hydrogen-bond donors (Lipinski definition) is 2. The third kappa shape index (κ3) is 2.74. The van der Waals surface area contributed by atoms with Gasteiger partial charge in [-0.2, -0.15) is 0 Å². The van der Waals surface area contributed by atoms with Crippen LogP contribution in [0.2, 0.25) is 0 Å². The summed E-state index contributed by atoms with van der Waals surface area (Å²) in [7, 11) is 0. The first-order valence-electron chi connectivity index (χ1n) is 5.87. The van der Waals surface area contributed by atoms with Crippen LogP contribution in [0.1, 0.15) is 12.0 Å². The van der Waals surface area contributed by atoms with Crippen LogP contribution in [0.5, 0.6) is 0 Å². The van der Waals surface area contributed by atoms with Gasteiger partial charge in [0.05, 0.1) is 4.92 Å². The monoisotopic (exact) mass is 235 g/mol. The van der Waals surface area contributed by atoms with Gasteiger partial charge in [0.2, 0.25) is 0 Å². The van der Waals surface area contributed by atoms with Crippen molar-refractivity contribution in [3.8, 4) is 0 Å². The molecule has 5 heteroatoms. The summed E-state index contributed by atoms with van der Waals surface area (Å²) >= 11 is 0. The molecule has 2 N–H and O–H groups in total. The highest BCUT2D eigenvalue weighted by atomic mass is 16.6. The number of rotatable bonds is 4. The van der Waals surface area contributed by atoms with Crippen LogP contribution in [-0.4, -0.2) is 24.6 Å². The van der Waals surface area contributed by atoms with Crippen molar-refractivity contribution in [2.24, 2.45) is 5.92 Å². The molecule has 5 nitrogen and oxygen atoms in total. The van der Waals surface area contributed by atoms with Crippen LogP contribution in [0.15, 0.2) is 18.2 Å². The number of nitro groups is 1. The number of hydrogen-bond acceptors (Lipinski definition) is 4. The summed E-state index contributed by atoms with van der Waals surface area (Å²) in [6.45, 7) is 4.75. The average Bonchev–Trinajstić information content (AvgIpc) is 2.80. The Hall–Kier alpha value is -1.62. The highest BCUT2D eigenvalue weighted by Crippen LogP contribution is 2.25. The Bertz CT molecular complexity index is 414. The minimum absolute atomic E-state index is 0.180. The summed E-state index contributed by atoms with van der Waals surface area (Å²) in [5.41, 5.74) is 1.76. The van der Waals surface area contributed by atoms with Gasteiger partial charge in [-0.3, -0.25) is 10.1 Å². The van der Waals surface area contributed by atoms with E-state index in [9.17, 15) is 10.1 Å². The standard InChI is InChI=1S/C12H17N3O2/c1-9-11(3-2-4-12(9)15(16)17)14-8-10-5-6-13-7-10/h2-4,10,13-14H,5-8H2,1H3. The maximum atomic E-state index is 10.8. The van der Waals surface area contributed by atoms with E-state index in [0.29, 0.717) is 11.5 Å². The number of nitrogens with one attached hydrogen (secondary N) is 2. The van der Waals surface area contributed by atoms with Crippen LogP contribution in [-0.2, 0) is 0 Å². The van der Waals surface area contributed by atoms with Gasteiger partial charge in [0.25, 0.3) is 5.69 Å². The summed E-state index contributed by atoms with van der Waals surface area (Å²) < 4.78 is 0. The van der Waals surface area contributed by atoms with Gasteiger partial charge in [-0.15, -0.1) is 0 Å². The van der Waals surface area contributed by atoms with Crippen LogP contribution in [0.4, 0.5) is 11.4 Å². The van der Waals surface area contributed by atoms with Crippen LogP contribution in [0.25, 0.3) is 0 Å². The van der Waals surface area contributed by atoms with E-state index in [4.69, 9.17) is 0 Å². The number of benzene rings is 1. The van der Waals surface area contributed by atoms with Gasteiger partial charge in [0.1, 0.15) is 0 Å². The third-order valence-corrected chi connectivity index (χ3v) is 3.25. The zero-order chi connectivity index (χ0) is 12.3. The van der Waals surface area contributed by atoms with Crippen molar-refractivity contribution in [1.82, 2.24) is 5.32 Å². The molecule has 1 aromatic carbocycles. The van der Waals surface area contributed by atoms with Crippen molar-refractivity contribution in [3.63, 3.8) is 0 Å². The molecule has 92 valence electrons. The summed E-state index contributed by atoms with van der Waals surface area (Å²) in [5, 5.41) is 17.4. The van der Waals surface area contributed by atoms with Gasteiger partial charge in [-0.05, 0) is 38.4 Å². The van der Waals surface area contributed by atoms with Crippen LogP contribution in [0, 0.1) is 23.0 Å². The fraction of sp³-hybridized carbons (Fsp3) is 0.500. The Morgan fingerprint density at radius 3 is 3.06 bits per heavy atom. The molecule has 0 spiro atoms. The molecule has 1 heterocycles. The van der Waals surface area contributed by atoms with Gasteiger partial charge < -0.3 is 10.6 Å². The smallest absolute Gasteiger partial charge is 0.274 e. The Kier molecular flexibility index (Phi) is 3.58. The highest BCUT2D eigenvalue weighted by Gasteiger charge is 2.16. The van der Waals surface area contributed by atoms with Crippen molar-refractivity contribution >= 4 is 11.4 Å². The minimum Gasteiger partial charge on any atom is -0.384 e. The molecule has 2 rings (SSSR count). The van der Waals surface area contributed by atoms with Crippen molar-refractivity contribution in [2.45, 2.75) is 13.3 Å². The predicted octanol–water partition coefficient (Wildman–Crippen LogP) is 1.92. The maximum absolute atomic E-state index is 10.8. The SMILES string of the molecule is Cc1c(NCC2CCNC2)cccc1[N+](=O)[O-]. The summed E-state index contributed by atoms with van der Waals surface area (Å²) in [5.74, 6) is 0.619. The molecule has 17 heavy (non-hydrogen) atoms. The first-order chi connectivity index (χ1) is 8.18. The van der Waals surface area contributed by atoms with E-state index in [1.54, 1.807) is 13.0 Å². The molecule has 1 fully saturated rings. The van der Waals surface area contributed by atoms with E-state index < -0.39 is 0 Å². The second-order valence-corrected chi connectivity index (χ2v) is 4.45. The van der Waals surface area contributed by atoms with Crippen molar-refractivity contribution < 1.29 is 4.92 Å². The molecular formula is C12H17N3O2. The Morgan fingerprint density at radius 1 is 1.59 bits per heavy atom. The van der Waals surface area contributed by atoms with E-state index in [2.05, 4.69) is 10.6 Å². The molecular weight excluding hydrogens is 218 g/mol. The topological polar surface area (TPSA) is 67.2 Å². The number of nitro benzene ring substituents is 1.